The van der Waals surface area contributed by atoms with Crippen molar-refractivity contribution in [3.63, 3.8) is 0 Å². The van der Waals surface area contributed by atoms with E-state index in [9.17, 15) is 19.2 Å². The summed E-state index contributed by atoms with van der Waals surface area (Å²) in [5.74, 6) is -2.86. The van der Waals surface area contributed by atoms with Gasteiger partial charge in [0.2, 0.25) is 5.91 Å². The number of carboxylic acid groups (broad SMARTS) is 2. The van der Waals surface area contributed by atoms with E-state index < -0.39 is 36.7 Å². The highest BCUT2D eigenvalue weighted by molar-refractivity contribution is 5.85. The van der Waals surface area contributed by atoms with Gasteiger partial charge >= 0.3 is 11.9 Å². The highest BCUT2D eigenvalue weighted by atomic mass is 16.4. The molecule has 1 amide bonds. The van der Waals surface area contributed by atoms with Gasteiger partial charge in [-0.05, 0) is 12.8 Å². The van der Waals surface area contributed by atoms with Crippen molar-refractivity contribution >= 4 is 24.1 Å². The Morgan fingerprint density at radius 2 is 1.60 bits per heavy atom. The van der Waals surface area contributed by atoms with Crippen molar-refractivity contribution in [3.8, 4) is 0 Å². The zero-order valence-corrected chi connectivity index (χ0v) is 10.7. The molecule has 0 saturated heterocycles. The van der Waals surface area contributed by atoms with Crippen LogP contribution >= 0.6 is 0 Å². The fourth-order valence-corrected chi connectivity index (χ4v) is 1.44. The maximum Gasteiger partial charge on any atom is 0.303 e. The minimum absolute atomic E-state index is 0.0602. The van der Waals surface area contributed by atoms with E-state index in [1.807, 2.05) is 0 Å². The molecule has 2 atom stereocenters. The van der Waals surface area contributed by atoms with E-state index in [1.165, 1.54) is 0 Å². The lowest BCUT2D eigenvalue weighted by molar-refractivity contribution is -0.139. The lowest BCUT2D eigenvalue weighted by atomic mass is 10.1. The first-order valence-electron chi connectivity index (χ1n) is 5.94. The summed E-state index contributed by atoms with van der Waals surface area (Å²) in [6.45, 7) is -0.529. The number of carbonyl (C=O) groups excluding carboxylic acids is 2. The van der Waals surface area contributed by atoms with Crippen LogP contribution < -0.4 is 10.6 Å². The minimum atomic E-state index is -1.10. The van der Waals surface area contributed by atoms with Crippen molar-refractivity contribution in [1.82, 2.24) is 10.6 Å². The standard InChI is InChI=1S/C11H18N2O7/c14-5-7(1-3-9(16)17)13-11(20)8(12-6-15)2-4-10(18)19/h5,7-8,12,15H,1-4,6H2,(H,13,20)(H,16,17)(H,18,19). The van der Waals surface area contributed by atoms with Crippen molar-refractivity contribution in [2.75, 3.05) is 6.73 Å². The molecular weight excluding hydrogens is 272 g/mol. The highest BCUT2D eigenvalue weighted by Gasteiger charge is 2.21. The molecule has 0 aromatic rings. The topological polar surface area (TPSA) is 153 Å². The van der Waals surface area contributed by atoms with Crippen molar-refractivity contribution in [2.24, 2.45) is 0 Å². The molecule has 5 N–H and O–H groups in total. The van der Waals surface area contributed by atoms with Gasteiger partial charge in [-0.15, -0.1) is 0 Å². The second-order valence-electron chi connectivity index (χ2n) is 4.03. The number of aldehydes is 1. The maximum absolute atomic E-state index is 11.8. The van der Waals surface area contributed by atoms with Gasteiger partial charge < -0.3 is 25.4 Å². The van der Waals surface area contributed by atoms with E-state index in [2.05, 4.69) is 10.6 Å². The van der Waals surface area contributed by atoms with Crippen LogP contribution in [0.3, 0.4) is 0 Å². The molecule has 0 saturated carbocycles. The van der Waals surface area contributed by atoms with Gasteiger partial charge in [-0.25, -0.2) is 0 Å². The Balaban J connectivity index is 4.42. The Morgan fingerprint density at radius 3 is 2.05 bits per heavy atom. The quantitative estimate of drug-likeness (QED) is 0.223. The van der Waals surface area contributed by atoms with Gasteiger partial charge in [0.05, 0.1) is 18.8 Å². The summed E-state index contributed by atoms with van der Waals surface area (Å²) in [5, 5.41) is 30.4. The number of hydrogen-bond acceptors (Lipinski definition) is 6. The summed E-state index contributed by atoms with van der Waals surface area (Å²) in [5.41, 5.74) is 0. The molecule has 0 aliphatic heterocycles. The van der Waals surface area contributed by atoms with Crippen LogP contribution in [0, 0.1) is 0 Å². The lowest BCUT2D eigenvalue weighted by Crippen LogP contribution is -2.48. The third kappa shape index (κ3) is 8.16. The van der Waals surface area contributed by atoms with Crippen molar-refractivity contribution in [2.45, 2.75) is 37.8 Å². The Kier molecular flexibility index (Phi) is 8.88. The van der Waals surface area contributed by atoms with Crippen molar-refractivity contribution in [1.29, 1.82) is 0 Å². The number of nitrogens with one attached hydrogen (secondary N) is 2. The third-order valence-corrected chi connectivity index (χ3v) is 2.46. The van der Waals surface area contributed by atoms with Crippen molar-refractivity contribution < 1.29 is 34.5 Å². The predicted molar refractivity (Wildman–Crippen MR) is 65.7 cm³/mol. The molecule has 20 heavy (non-hydrogen) atoms. The monoisotopic (exact) mass is 290 g/mol. The number of hydrogen-bond donors (Lipinski definition) is 5. The summed E-state index contributed by atoms with van der Waals surface area (Å²) >= 11 is 0. The van der Waals surface area contributed by atoms with Gasteiger partial charge in [0.15, 0.2) is 0 Å². The second-order valence-corrected chi connectivity index (χ2v) is 4.03. The van der Waals surface area contributed by atoms with Gasteiger partial charge in [0.1, 0.15) is 6.29 Å². The number of aliphatic carboxylic acids is 2. The maximum atomic E-state index is 11.8. The van der Waals surface area contributed by atoms with Crippen LogP contribution in [-0.4, -0.2) is 58.3 Å². The molecule has 9 heteroatoms. The summed E-state index contributed by atoms with van der Waals surface area (Å²) < 4.78 is 0. The summed E-state index contributed by atoms with van der Waals surface area (Å²) in [4.78, 5) is 43.3. The zero-order valence-electron chi connectivity index (χ0n) is 10.7. The molecule has 0 heterocycles. The summed E-state index contributed by atoms with van der Waals surface area (Å²) in [6.07, 6.45) is -0.279. The first-order valence-corrected chi connectivity index (χ1v) is 5.94. The Labute approximate surface area is 115 Å². The molecule has 0 fully saturated rings. The van der Waals surface area contributed by atoms with Gasteiger partial charge in [0, 0.05) is 12.8 Å². The average Bonchev–Trinajstić information content (AvgIpc) is 2.38. The van der Waals surface area contributed by atoms with Crippen LogP contribution in [0.25, 0.3) is 0 Å². The van der Waals surface area contributed by atoms with E-state index in [1.54, 1.807) is 0 Å². The highest BCUT2D eigenvalue weighted by Crippen LogP contribution is 2.01. The first kappa shape index (κ1) is 18.0. The fourth-order valence-electron chi connectivity index (χ4n) is 1.44. The van der Waals surface area contributed by atoms with E-state index in [-0.39, 0.29) is 25.7 Å². The molecule has 0 radical (unpaired) electrons. The van der Waals surface area contributed by atoms with Gasteiger partial charge in [-0.1, -0.05) is 0 Å². The molecule has 0 aromatic heterocycles. The van der Waals surface area contributed by atoms with Crippen LogP contribution in [0.2, 0.25) is 0 Å². The first-order chi connectivity index (χ1) is 9.40. The largest absolute Gasteiger partial charge is 0.481 e. The van der Waals surface area contributed by atoms with E-state index in [4.69, 9.17) is 15.3 Å². The van der Waals surface area contributed by atoms with E-state index >= 15 is 0 Å². The Hall–Kier alpha value is -2.00. The van der Waals surface area contributed by atoms with Crippen molar-refractivity contribution in [3.05, 3.63) is 0 Å². The molecule has 2 unspecified atom stereocenters. The minimum Gasteiger partial charge on any atom is -0.481 e. The number of rotatable bonds is 11. The molecule has 0 aliphatic rings. The van der Waals surface area contributed by atoms with Gasteiger partial charge in [-0.3, -0.25) is 19.7 Å². The second kappa shape index (κ2) is 9.87. The lowest BCUT2D eigenvalue weighted by Gasteiger charge is -2.19. The number of carboxylic acids is 2. The van der Waals surface area contributed by atoms with Crippen LogP contribution in [0.15, 0.2) is 0 Å². The molecule has 0 bridgehead atoms. The number of carbonyl (C=O) groups is 4. The SMILES string of the molecule is O=CC(CCC(=O)O)NC(=O)C(CCC(=O)O)NCO. The average molecular weight is 290 g/mol. The normalized spacial score (nSPS) is 13.2. The molecule has 0 rings (SSSR count). The Bertz CT molecular complexity index is 359. The smallest absolute Gasteiger partial charge is 0.303 e. The number of aliphatic hydroxyl groups excluding tert-OH is 1. The third-order valence-electron chi connectivity index (χ3n) is 2.46. The summed E-state index contributed by atoms with van der Waals surface area (Å²) in [7, 11) is 0. The van der Waals surface area contributed by atoms with E-state index in [0.717, 1.165) is 0 Å². The van der Waals surface area contributed by atoms with E-state index in [0.29, 0.717) is 6.29 Å². The molecular formula is C11H18N2O7. The van der Waals surface area contributed by atoms with Crippen LogP contribution in [0.4, 0.5) is 0 Å². The predicted octanol–water partition coefficient (Wildman–Crippen LogP) is -1.69. The summed E-state index contributed by atoms with van der Waals surface area (Å²) in [6, 6.07) is -1.94. The molecule has 0 aromatic carbocycles. The molecule has 0 spiro atoms. The zero-order chi connectivity index (χ0) is 15.5. The fraction of sp³-hybridized carbons (Fsp3) is 0.636. The van der Waals surface area contributed by atoms with Gasteiger partial charge in [0.25, 0.3) is 0 Å². The molecule has 9 nitrogen and oxygen atoms in total. The molecule has 114 valence electrons. The molecule has 0 aliphatic carbocycles. The van der Waals surface area contributed by atoms with Gasteiger partial charge in [-0.2, -0.15) is 0 Å². The van der Waals surface area contributed by atoms with Crippen LogP contribution in [-0.2, 0) is 19.2 Å². The van der Waals surface area contributed by atoms with Crippen LogP contribution in [0.1, 0.15) is 25.7 Å². The van der Waals surface area contributed by atoms with Crippen LogP contribution in [0.5, 0.6) is 0 Å². The Morgan fingerprint density at radius 1 is 1.05 bits per heavy atom. The number of aliphatic hydroxyl groups is 1. The number of amides is 1.